The van der Waals surface area contributed by atoms with Crippen LogP contribution in [0.3, 0.4) is 0 Å². The molecule has 0 saturated heterocycles. The van der Waals surface area contributed by atoms with Gasteiger partial charge in [-0.25, -0.2) is 4.39 Å². The molecule has 1 aromatic carbocycles. The first-order valence-electron chi connectivity index (χ1n) is 6.07. The zero-order valence-electron chi connectivity index (χ0n) is 10.5. The van der Waals surface area contributed by atoms with Crippen molar-refractivity contribution in [1.82, 2.24) is 9.78 Å². The van der Waals surface area contributed by atoms with Crippen LogP contribution in [0, 0.1) is 0 Å². The number of nitrogens with zero attached hydrogens (tertiary/aromatic N) is 2. The molecule has 0 aliphatic carbocycles. The summed E-state index contributed by atoms with van der Waals surface area (Å²) in [6.07, 6.45) is 2.71. The van der Waals surface area contributed by atoms with E-state index in [0.717, 1.165) is 5.69 Å². The fraction of sp³-hybridized carbons (Fsp3) is 0.357. The third-order valence-corrected chi connectivity index (χ3v) is 3.31. The van der Waals surface area contributed by atoms with Crippen molar-refractivity contribution in [3.8, 4) is 0 Å². The zero-order chi connectivity index (χ0) is 13.0. The van der Waals surface area contributed by atoms with Crippen LogP contribution in [-0.4, -0.2) is 16.3 Å². The lowest BCUT2D eigenvalue weighted by atomic mass is 9.90. The number of aryl methyl sites for hydroxylation is 2. The second-order valence-corrected chi connectivity index (χ2v) is 4.48. The molecule has 4 heteroatoms. The number of nitrogens with two attached hydrogens (primary N) is 1. The maximum absolute atomic E-state index is 14.8. The van der Waals surface area contributed by atoms with Crippen LogP contribution in [0.1, 0.15) is 17.7 Å². The van der Waals surface area contributed by atoms with Crippen LogP contribution >= 0.6 is 0 Å². The van der Waals surface area contributed by atoms with Gasteiger partial charge in [-0.2, -0.15) is 5.10 Å². The number of halogens is 1. The van der Waals surface area contributed by atoms with Gasteiger partial charge in [-0.15, -0.1) is 0 Å². The van der Waals surface area contributed by atoms with Crippen molar-refractivity contribution in [3.63, 3.8) is 0 Å². The quantitative estimate of drug-likeness (QED) is 0.880. The van der Waals surface area contributed by atoms with Gasteiger partial charge in [-0.1, -0.05) is 30.3 Å². The Morgan fingerprint density at radius 2 is 2.00 bits per heavy atom. The SMILES string of the molecule is Cn1nccc1CCC(F)(CN)c1ccccc1. The third-order valence-electron chi connectivity index (χ3n) is 3.31. The predicted octanol–water partition coefficient (Wildman–Crippen LogP) is 2.18. The lowest BCUT2D eigenvalue weighted by Gasteiger charge is -2.24. The molecule has 0 saturated carbocycles. The highest BCUT2D eigenvalue weighted by Gasteiger charge is 2.30. The summed E-state index contributed by atoms with van der Waals surface area (Å²) in [4.78, 5) is 0. The van der Waals surface area contributed by atoms with Crippen LogP contribution < -0.4 is 5.73 Å². The van der Waals surface area contributed by atoms with Crippen LogP contribution in [-0.2, 0) is 19.1 Å². The summed E-state index contributed by atoms with van der Waals surface area (Å²) in [6.45, 7) is -0.00509. The van der Waals surface area contributed by atoms with Crippen molar-refractivity contribution in [2.75, 3.05) is 6.54 Å². The summed E-state index contributed by atoms with van der Waals surface area (Å²) in [5.74, 6) is 0. The summed E-state index contributed by atoms with van der Waals surface area (Å²) in [5, 5.41) is 4.08. The molecule has 1 unspecified atom stereocenters. The van der Waals surface area contributed by atoms with Gasteiger partial charge < -0.3 is 5.73 Å². The maximum atomic E-state index is 14.8. The molecule has 96 valence electrons. The molecule has 0 aliphatic rings. The molecule has 0 radical (unpaired) electrons. The van der Waals surface area contributed by atoms with Crippen LogP contribution in [0.25, 0.3) is 0 Å². The molecule has 2 N–H and O–H groups in total. The molecule has 0 fully saturated rings. The Morgan fingerprint density at radius 1 is 1.28 bits per heavy atom. The van der Waals surface area contributed by atoms with Crippen LogP contribution in [0.15, 0.2) is 42.6 Å². The van der Waals surface area contributed by atoms with E-state index in [2.05, 4.69) is 5.10 Å². The number of hydrogen-bond donors (Lipinski definition) is 1. The molecule has 1 heterocycles. The second kappa shape index (κ2) is 5.31. The Kier molecular flexibility index (Phi) is 3.77. The molecule has 1 atom stereocenters. The van der Waals surface area contributed by atoms with Gasteiger partial charge in [0, 0.05) is 25.5 Å². The van der Waals surface area contributed by atoms with E-state index in [1.54, 1.807) is 23.0 Å². The molecule has 2 rings (SSSR count). The predicted molar refractivity (Wildman–Crippen MR) is 69.8 cm³/mol. The summed E-state index contributed by atoms with van der Waals surface area (Å²) >= 11 is 0. The van der Waals surface area contributed by atoms with Crippen LogP contribution in [0.2, 0.25) is 0 Å². The Morgan fingerprint density at radius 3 is 2.56 bits per heavy atom. The van der Waals surface area contributed by atoms with Gasteiger partial charge in [-0.05, 0) is 24.5 Å². The topological polar surface area (TPSA) is 43.8 Å². The fourth-order valence-corrected chi connectivity index (χ4v) is 2.07. The monoisotopic (exact) mass is 247 g/mol. The first kappa shape index (κ1) is 12.8. The smallest absolute Gasteiger partial charge is 0.148 e. The van der Waals surface area contributed by atoms with Gasteiger partial charge in [0.1, 0.15) is 5.67 Å². The second-order valence-electron chi connectivity index (χ2n) is 4.48. The molecule has 0 spiro atoms. The molecular weight excluding hydrogens is 229 g/mol. The minimum Gasteiger partial charge on any atom is -0.327 e. The molecule has 2 aromatic rings. The molecule has 0 bridgehead atoms. The van der Waals surface area contributed by atoms with Crippen molar-refractivity contribution < 1.29 is 4.39 Å². The van der Waals surface area contributed by atoms with E-state index in [4.69, 9.17) is 5.73 Å². The maximum Gasteiger partial charge on any atom is 0.148 e. The van der Waals surface area contributed by atoms with E-state index in [9.17, 15) is 4.39 Å². The summed E-state index contributed by atoms with van der Waals surface area (Å²) < 4.78 is 16.6. The van der Waals surface area contributed by atoms with Crippen molar-refractivity contribution in [2.24, 2.45) is 12.8 Å². The minimum absolute atomic E-state index is 0.00509. The molecular formula is C14H18FN3. The molecule has 3 nitrogen and oxygen atoms in total. The standard InChI is InChI=1S/C14H18FN3/c1-18-13(8-10-17-18)7-9-14(15,11-16)12-5-3-2-4-6-12/h2-6,8,10H,7,9,11,16H2,1H3. The van der Waals surface area contributed by atoms with E-state index < -0.39 is 5.67 Å². The van der Waals surface area contributed by atoms with E-state index in [1.165, 1.54) is 0 Å². The van der Waals surface area contributed by atoms with E-state index in [-0.39, 0.29) is 6.54 Å². The van der Waals surface area contributed by atoms with Gasteiger partial charge in [0.25, 0.3) is 0 Å². The molecule has 18 heavy (non-hydrogen) atoms. The Balaban J connectivity index is 2.12. The van der Waals surface area contributed by atoms with Crippen LogP contribution in [0.4, 0.5) is 4.39 Å². The van der Waals surface area contributed by atoms with Crippen molar-refractivity contribution in [3.05, 3.63) is 53.9 Å². The number of aromatic nitrogens is 2. The molecule has 1 aromatic heterocycles. The van der Waals surface area contributed by atoms with Crippen molar-refractivity contribution in [2.45, 2.75) is 18.5 Å². The summed E-state index contributed by atoms with van der Waals surface area (Å²) in [5.41, 5.74) is 5.82. The minimum atomic E-state index is -1.47. The third kappa shape index (κ3) is 2.59. The molecule has 0 amide bonds. The Labute approximate surface area is 106 Å². The van der Waals surface area contributed by atoms with Gasteiger partial charge in [0.15, 0.2) is 0 Å². The van der Waals surface area contributed by atoms with E-state index in [1.807, 2.05) is 31.3 Å². The summed E-state index contributed by atoms with van der Waals surface area (Å²) in [6, 6.07) is 11.0. The average molecular weight is 247 g/mol. The average Bonchev–Trinajstić information content (AvgIpc) is 2.83. The van der Waals surface area contributed by atoms with Gasteiger partial charge >= 0.3 is 0 Å². The fourth-order valence-electron chi connectivity index (χ4n) is 2.07. The number of rotatable bonds is 5. The van der Waals surface area contributed by atoms with E-state index in [0.29, 0.717) is 18.4 Å². The first-order chi connectivity index (χ1) is 8.65. The summed E-state index contributed by atoms with van der Waals surface area (Å²) in [7, 11) is 1.86. The van der Waals surface area contributed by atoms with Gasteiger partial charge in [0.05, 0.1) is 0 Å². The van der Waals surface area contributed by atoms with Crippen molar-refractivity contribution in [1.29, 1.82) is 0 Å². The van der Waals surface area contributed by atoms with E-state index >= 15 is 0 Å². The number of benzene rings is 1. The normalized spacial score (nSPS) is 14.4. The Bertz CT molecular complexity index is 495. The molecule has 0 aliphatic heterocycles. The highest BCUT2D eigenvalue weighted by atomic mass is 19.1. The highest BCUT2D eigenvalue weighted by Crippen LogP contribution is 2.30. The Hall–Kier alpha value is -1.68. The zero-order valence-corrected chi connectivity index (χ0v) is 10.5. The lowest BCUT2D eigenvalue weighted by Crippen LogP contribution is -2.31. The lowest BCUT2D eigenvalue weighted by molar-refractivity contribution is 0.160. The van der Waals surface area contributed by atoms with Crippen molar-refractivity contribution >= 4 is 0 Å². The first-order valence-corrected chi connectivity index (χ1v) is 6.07. The highest BCUT2D eigenvalue weighted by molar-refractivity contribution is 5.23. The number of hydrogen-bond acceptors (Lipinski definition) is 2. The van der Waals surface area contributed by atoms with Crippen LogP contribution in [0.5, 0.6) is 0 Å². The van der Waals surface area contributed by atoms with Gasteiger partial charge in [0.2, 0.25) is 0 Å². The van der Waals surface area contributed by atoms with Gasteiger partial charge in [-0.3, -0.25) is 4.68 Å². The number of alkyl halides is 1. The largest absolute Gasteiger partial charge is 0.327 e.